The number of terminal acetylenes is 1. The third kappa shape index (κ3) is 1.67. The highest BCUT2D eigenvalue weighted by Crippen LogP contribution is 2.08. The van der Waals surface area contributed by atoms with Crippen LogP contribution in [-0.2, 0) is 6.42 Å². The second kappa shape index (κ2) is 3.80. The van der Waals surface area contributed by atoms with E-state index in [2.05, 4.69) is 11.0 Å². The largest absolute Gasteiger partial charge is 0.241 e. The first-order valence-electron chi connectivity index (χ1n) is 4.42. The van der Waals surface area contributed by atoms with Crippen LogP contribution in [0.3, 0.4) is 0 Å². The zero-order valence-electron chi connectivity index (χ0n) is 7.72. The van der Waals surface area contributed by atoms with E-state index in [0.717, 1.165) is 11.3 Å². The summed E-state index contributed by atoms with van der Waals surface area (Å²) in [4.78, 5) is 0. The smallest absolute Gasteiger partial charge is 0.0645 e. The molecule has 2 aromatic rings. The Labute approximate surface area is 83.2 Å². The second-order valence-electron chi connectivity index (χ2n) is 3.00. The molecule has 0 spiro atoms. The Morgan fingerprint density at radius 1 is 1.29 bits per heavy atom. The van der Waals surface area contributed by atoms with Crippen molar-refractivity contribution in [1.29, 1.82) is 0 Å². The molecule has 0 aliphatic carbocycles. The molecule has 14 heavy (non-hydrogen) atoms. The molecule has 1 aromatic heterocycles. The molecule has 2 heteroatoms. The number of hydrogen-bond donors (Lipinski definition) is 0. The van der Waals surface area contributed by atoms with Crippen molar-refractivity contribution in [2.24, 2.45) is 0 Å². The second-order valence-corrected chi connectivity index (χ2v) is 3.00. The van der Waals surface area contributed by atoms with Crippen LogP contribution in [0, 0.1) is 12.3 Å². The van der Waals surface area contributed by atoms with Crippen LogP contribution in [0.2, 0.25) is 0 Å². The van der Waals surface area contributed by atoms with Gasteiger partial charge in [0, 0.05) is 18.8 Å². The summed E-state index contributed by atoms with van der Waals surface area (Å²) in [7, 11) is 0. The summed E-state index contributed by atoms with van der Waals surface area (Å²) in [6.07, 6.45) is 9.58. The first kappa shape index (κ1) is 8.58. The summed E-state index contributed by atoms with van der Waals surface area (Å²) in [5.41, 5.74) is 2.21. The van der Waals surface area contributed by atoms with Gasteiger partial charge in [0.2, 0.25) is 0 Å². The van der Waals surface area contributed by atoms with E-state index in [1.807, 2.05) is 41.2 Å². The van der Waals surface area contributed by atoms with Crippen LogP contribution in [0.15, 0.2) is 42.7 Å². The molecule has 1 heterocycles. The van der Waals surface area contributed by atoms with E-state index in [1.54, 1.807) is 6.20 Å². The van der Waals surface area contributed by atoms with E-state index in [4.69, 9.17) is 6.42 Å². The maximum Gasteiger partial charge on any atom is 0.0645 e. The Hall–Kier alpha value is -2.01. The minimum absolute atomic E-state index is 0.680. The predicted molar refractivity (Wildman–Crippen MR) is 56.1 cm³/mol. The Bertz CT molecular complexity index is 432. The first-order valence-corrected chi connectivity index (χ1v) is 4.42. The number of hydrogen-bond acceptors (Lipinski definition) is 1. The third-order valence-corrected chi connectivity index (χ3v) is 2.01. The van der Waals surface area contributed by atoms with Crippen molar-refractivity contribution in [2.45, 2.75) is 6.42 Å². The maximum absolute atomic E-state index is 5.23. The van der Waals surface area contributed by atoms with Crippen molar-refractivity contribution in [2.75, 3.05) is 0 Å². The third-order valence-electron chi connectivity index (χ3n) is 2.01. The number of aromatic nitrogens is 2. The van der Waals surface area contributed by atoms with E-state index < -0.39 is 0 Å². The summed E-state index contributed by atoms with van der Waals surface area (Å²) in [6.45, 7) is 0. The molecule has 0 atom stereocenters. The van der Waals surface area contributed by atoms with Crippen LogP contribution in [0.1, 0.15) is 5.56 Å². The fraction of sp³-hybridized carbons (Fsp3) is 0.0833. The van der Waals surface area contributed by atoms with Gasteiger partial charge in [0.1, 0.15) is 0 Å². The van der Waals surface area contributed by atoms with Crippen LogP contribution in [0.25, 0.3) is 5.69 Å². The van der Waals surface area contributed by atoms with Gasteiger partial charge in [0.15, 0.2) is 0 Å². The number of nitrogens with zero attached hydrogens (tertiary/aromatic N) is 2. The summed E-state index contributed by atoms with van der Waals surface area (Å²) in [6, 6.07) is 9.97. The van der Waals surface area contributed by atoms with Gasteiger partial charge in [-0.1, -0.05) is 12.1 Å². The summed E-state index contributed by atoms with van der Waals surface area (Å²) < 4.78 is 1.82. The number of benzene rings is 1. The lowest BCUT2D eigenvalue weighted by Crippen LogP contribution is -1.93. The highest BCUT2D eigenvalue weighted by molar-refractivity contribution is 5.34. The van der Waals surface area contributed by atoms with Gasteiger partial charge in [-0.25, -0.2) is 4.68 Å². The average Bonchev–Trinajstić information content (AvgIpc) is 2.72. The zero-order valence-corrected chi connectivity index (χ0v) is 7.72. The molecule has 2 nitrogen and oxygen atoms in total. The van der Waals surface area contributed by atoms with Crippen molar-refractivity contribution in [3.05, 3.63) is 48.3 Å². The zero-order chi connectivity index (χ0) is 9.80. The Morgan fingerprint density at radius 2 is 2.07 bits per heavy atom. The molecule has 68 valence electrons. The standard InChI is InChI=1S/C12H10N2/c1-2-4-11-5-7-12(8-6-11)14-10-3-9-13-14/h1,3,5-10H,4H2. The van der Waals surface area contributed by atoms with Crippen LogP contribution in [0.4, 0.5) is 0 Å². The SMILES string of the molecule is C#CCc1ccc(-n2cccn2)cc1. The molecule has 0 aliphatic rings. The highest BCUT2D eigenvalue weighted by Gasteiger charge is 1.95. The van der Waals surface area contributed by atoms with Gasteiger partial charge < -0.3 is 0 Å². The van der Waals surface area contributed by atoms with E-state index in [9.17, 15) is 0 Å². The monoisotopic (exact) mass is 182 g/mol. The quantitative estimate of drug-likeness (QED) is 0.650. The molecule has 0 amide bonds. The van der Waals surface area contributed by atoms with Crippen LogP contribution in [0.5, 0.6) is 0 Å². The molecule has 0 bridgehead atoms. The van der Waals surface area contributed by atoms with Gasteiger partial charge in [0.05, 0.1) is 5.69 Å². The molecular formula is C12H10N2. The first-order chi connectivity index (χ1) is 6.90. The normalized spacial score (nSPS) is 9.64. The van der Waals surface area contributed by atoms with Gasteiger partial charge in [-0.2, -0.15) is 5.10 Å². The molecule has 0 N–H and O–H groups in total. The minimum atomic E-state index is 0.680. The predicted octanol–water partition coefficient (Wildman–Crippen LogP) is 2.05. The molecule has 0 saturated carbocycles. The molecule has 1 aromatic carbocycles. The lowest BCUT2D eigenvalue weighted by Gasteiger charge is -2.01. The van der Waals surface area contributed by atoms with E-state index in [0.29, 0.717) is 6.42 Å². The molecule has 0 fully saturated rings. The van der Waals surface area contributed by atoms with Crippen molar-refractivity contribution >= 4 is 0 Å². The fourth-order valence-corrected chi connectivity index (χ4v) is 1.31. The lowest BCUT2D eigenvalue weighted by atomic mass is 10.1. The van der Waals surface area contributed by atoms with Gasteiger partial charge in [-0.15, -0.1) is 12.3 Å². The Balaban J connectivity index is 2.27. The van der Waals surface area contributed by atoms with Crippen molar-refractivity contribution in [1.82, 2.24) is 9.78 Å². The Morgan fingerprint density at radius 3 is 2.64 bits per heavy atom. The molecule has 0 saturated heterocycles. The van der Waals surface area contributed by atoms with Crippen LogP contribution < -0.4 is 0 Å². The van der Waals surface area contributed by atoms with Crippen molar-refractivity contribution in [3.63, 3.8) is 0 Å². The maximum atomic E-state index is 5.23. The van der Waals surface area contributed by atoms with E-state index in [-0.39, 0.29) is 0 Å². The van der Waals surface area contributed by atoms with Gasteiger partial charge >= 0.3 is 0 Å². The van der Waals surface area contributed by atoms with E-state index in [1.165, 1.54) is 0 Å². The fourth-order valence-electron chi connectivity index (χ4n) is 1.31. The van der Waals surface area contributed by atoms with Gasteiger partial charge in [-0.3, -0.25) is 0 Å². The summed E-state index contributed by atoms with van der Waals surface area (Å²) in [5.74, 6) is 2.62. The van der Waals surface area contributed by atoms with Crippen molar-refractivity contribution in [3.8, 4) is 18.0 Å². The highest BCUT2D eigenvalue weighted by atomic mass is 15.3. The number of rotatable bonds is 2. The molecular weight excluding hydrogens is 172 g/mol. The van der Waals surface area contributed by atoms with Gasteiger partial charge in [0.25, 0.3) is 0 Å². The molecule has 0 unspecified atom stereocenters. The average molecular weight is 182 g/mol. The van der Waals surface area contributed by atoms with E-state index >= 15 is 0 Å². The molecule has 0 radical (unpaired) electrons. The van der Waals surface area contributed by atoms with Gasteiger partial charge in [-0.05, 0) is 23.8 Å². The van der Waals surface area contributed by atoms with Crippen molar-refractivity contribution < 1.29 is 0 Å². The topological polar surface area (TPSA) is 17.8 Å². The lowest BCUT2D eigenvalue weighted by molar-refractivity contribution is 0.880. The minimum Gasteiger partial charge on any atom is -0.241 e. The Kier molecular flexibility index (Phi) is 2.33. The van der Waals surface area contributed by atoms with Crippen LogP contribution in [-0.4, -0.2) is 9.78 Å². The van der Waals surface area contributed by atoms with Crippen LogP contribution >= 0.6 is 0 Å². The molecule has 0 aliphatic heterocycles. The summed E-state index contributed by atoms with van der Waals surface area (Å²) >= 11 is 0. The molecule has 2 rings (SSSR count). The summed E-state index contributed by atoms with van der Waals surface area (Å²) in [5, 5.41) is 4.14.